The molecule has 3 nitrogen and oxygen atoms in total. The third-order valence-corrected chi connectivity index (χ3v) is 4.52. The molecule has 0 saturated carbocycles. The molecule has 1 heterocycles. The van der Waals surface area contributed by atoms with Gasteiger partial charge in [-0.3, -0.25) is 4.79 Å². The average molecular weight is 325 g/mol. The summed E-state index contributed by atoms with van der Waals surface area (Å²) in [5.41, 5.74) is 2.63. The molecule has 1 fully saturated rings. The summed E-state index contributed by atoms with van der Waals surface area (Å²) in [5, 5.41) is 3.23. The van der Waals surface area contributed by atoms with Gasteiger partial charge in [-0.15, -0.1) is 12.4 Å². The van der Waals surface area contributed by atoms with Crippen molar-refractivity contribution >= 4 is 18.3 Å². The van der Waals surface area contributed by atoms with E-state index >= 15 is 0 Å². The van der Waals surface area contributed by atoms with Crippen LogP contribution in [-0.2, 0) is 17.6 Å². The van der Waals surface area contributed by atoms with Crippen LogP contribution in [0.4, 0.5) is 0 Å². The topological polar surface area (TPSA) is 32.3 Å². The quantitative estimate of drug-likeness (QED) is 0.872. The van der Waals surface area contributed by atoms with Crippen LogP contribution in [0.3, 0.4) is 0 Å². The Labute approximate surface area is 140 Å². The Hall–Kier alpha value is -1.06. The molecule has 1 aliphatic heterocycles. The molecule has 0 spiro atoms. The molecule has 2 rings (SSSR count). The first-order valence-corrected chi connectivity index (χ1v) is 8.23. The molecule has 4 heteroatoms. The van der Waals surface area contributed by atoms with Gasteiger partial charge in [-0.2, -0.15) is 0 Å². The third kappa shape index (κ3) is 5.62. The van der Waals surface area contributed by atoms with E-state index in [1.807, 2.05) is 11.9 Å². The molecular weight excluding hydrogens is 296 g/mol. The van der Waals surface area contributed by atoms with Crippen LogP contribution < -0.4 is 5.32 Å². The number of rotatable bonds is 6. The van der Waals surface area contributed by atoms with Crippen molar-refractivity contribution in [3.8, 4) is 0 Å². The Morgan fingerprint density at radius 3 is 2.32 bits per heavy atom. The van der Waals surface area contributed by atoms with Crippen molar-refractivity contribution in [1.29, 1.82) is 0 Å². The Balaban J connectivity index is 0.00000242. The van der Waals surface area contributed by atoms with E-state index in [1.165, 1.54) is 11.1 Å². The van der Waals surface area contributed by atoms with Gasteiger partial charge in [0.05, 0.1) is 0 Å². The summed E-state index contributed by atoms with van der Waals surface area (Å²) in [7, 11) is 2.00. The number of hydrogen-bond acceptors (Lipinski definition) is 2. The van der Waals surface area contributed by atoms with Crippen molar-refractivity contribution < 1.29 is 4.79 Å². The summed E-state index contributed by atoms with van der Waals surface area (Å²) in [6.45, 7) is 5.10. The lowest BCUT2D eigenvalue weighted by atomic mass is 9.96. The average Bonchev–Trinajstić information content (AvgIpc) is 2.54. The van der Waals surface area contributed by atoms with Crippen LogP contribution in [-0.4, -0.2) is 37.5 Å². The van der Waals surface area contributed by atoms with Gasteiger partial charge in [-0.1, -0.05) is 31.2 Å². The SMILES string of the molecule is CCc1ccc(CCC(=O)N2CCC(CNC)CC2)cc1.Cl. The molecule has 0 aromatic heterocycles. The molecule has 0 unspecified atom stereocenters. The molecule has 0 radical (unpaired) electrons. The maximum atomic E-state index is 12.3. The van der Waals surface area contributed by atoms with Gasteiger partial charge in [-0.25, -0.2) is 0 Å². The molecule has 1 saturated heterocycles. The first-order valence-electron chi connectivity index (χ1n) is 8.23. The number of halogens is 1. The zero-order valence-electron chi connectivity index (χ0n) is 13.8. The van der Waals surface area contributed by atoms with E-state index in [0.29, 0.717) is 12.3 Å². The van der Waals surface area contributed by atoms with Crippen LogP contribution in [0.1, 0.15) is 37.3 Å². The highest BCUT2D eigenvalue weighted by Gasteiger charge is 2.21. The maximum Gasteiger partial charge on any atom is 0.222 e. The first-order chi connectivity index (χ1) is 10.2. The fourth-order valence-electron chi connectivity index (χ4n) is 3.03. The van der Waals surface area contributed by atoms with Crippen molar-refractivity contribution in [2.24, 2.45) is 5.92 Å². The van der Waals surface area contributed by atoms with Crippen LogP contribution in [0.5, 0.6) is 0 Å². The van der Waals surface area contributed by atoms with Gasteiger partial charge < -0.3 is 10.2 Å². The summed E-state index contributed by atoms with van der Waals surface area (Å²) < 4.78 is 0. The lowest BCUT2D eigenvalue weighted by Crippen LogP contribution is -2.40. The van der Waals surface area contributed by atoms with Crippen LogP contribution in [0.25, 0.3) is 0 Å². The summed E-state index contributed by atoms with van der Waals surface area (Å²) in [5.74, 6) is 1.05. The third-order valence-electron chi connectivity index (χ3n) is 4.52. The van der Waals surface area contributed by atoms with Crippen molar-refractivity contribution in [1.82, 2.24) is 10.2 Å². The predicted octanol–water partition coefficient (Wildman–Crippen LogP) is 3.06. The standard InChI is InChI=1S/C18H28N2O.ClH/c1-3-15-4-6-16(7-5-15)8-9-18(21)20-12-10-17(11-13-20)14-19-2;/h4-7,17,19H,3,8-14H2,1-2H3;1H. The Kier molecular flexibility index (Phi) is 8.51. The molecule has 1 aromatic carbocycles. The van der Waals surface area contributed by atoms with E-state index in [0.717, 1.165) is 51.2 Å². The number of piperidine rings is 1. The molecule has 1 aromatic rings. The van der Waals surface area contributed by atoms with Crippen LogP contribution in [0.2, 0.25) is 0 Å². The number of nitrogens with zero attached hydrogens (tertiary/aromatic N) is 1. The number of aryl methyl sites for hydroxylation is 2. The molecule has 1 aliphatic rings. The van der Waals surface area contributed by atoms with E-state index in [1.54, 1.807) is 0 Å². The van der Waals surface area contributed by atoms with E-state index in [9.17, 15) is 4.79 Å². The van der Waals surface area contributed by atoms with E-state index in [4.69, 9.17) is 0 Å². The maximum absolute atomic E-state index is 12.3. The fourth-order valence-corrected chi connectivity index (χ4v) is 3.03. The Bertz CT molecular complexity index is 439. The first kappa shape index (κ1) is 19.0. The number of carbonyl (C=O) groups excluding carboxylic acids is 1. The van der Waals surface area contributed by atoms with E-state index in [2.05, 4.69) is 36.5 Å². The minimum atomic E-state index is 0. The monoisotopic (exact) mass is 324 g/mol. The highest BCUT2D eigenvalue weighted by molar-refractivity contribution is 5.85. The van der Waals surface area contributed by atoms with Gasteiger partial charge >= 0.3 is 0 Å². The van der Waals surface area contributed by atoms with Gasteiger partial charge in [-0.05, 0) is 56.3 Å². The second-order valence-corrected chi connectivity index (χ2v) is 6.05. The highest BCUT2D eigenvalue weighted by atomic mass is 35.5. The number of nitrogens with one attached hydrogen (secondary N) is 1. The second-order valence-electron chi connectivity index (χ2n) is 6.05. The van der Waals surface area contributed by atoms with E-state index in [-0.39, 0.29) is 12.4 Å². The predicted molar refractivity (Wildman–Crippen MR) is 94.6 cm³/mol. The largest absolute Gasteiger partial charge is 0.343 e. The molecule has 0 aliphatic carbocycles. The molecule has 22 heavy (non-hydrogen) atoms. The van der Waals surface area contributed by atoms with E-state index < -0.39 is 0 Å². The number of hydrogen-bond donors (Lipinski definition) is 1. The molecule has 0 atom stereocenters. The molecule has 0 bridgehead atoms. The summed E-state index contributed by atoms with van der Waals surface area (Å²) >= 11 is 0. The molecule has 1 amide bonds. The van der Waals surface area contributed by atoms with Gasteiger partial charge in [0.15, 0.2) is 0 Å². The second kappa shape index (κ2) is 9.86. The lowest BCUT2D eigenvalue weighted by molar-refractivity contribution is -0.132. The van der Waals surface area contributed by atoms with Crippen molar-refractivity contribution in [3.05, 3.63) is 35.4 Å². The minimum Gasteiger partial charge on any atom is -0.343 e. The summed E-state index contributed by atoms with van der Waals surface area (Å²) in [4.78, 5) is 14.3. The fraction of sp³-hybridized carbons (Fsp3) is 0.611. The van der Waals surface area contributed by atoms with Crippen LogP contribution in [0.15, 0.2) is 24.3 Å². The zero-order chi connectivity index (χ0) is 15.1. The Morgan fingerprint density at radius 2 is 1.77 bits per heavy atom. The molecule has 124 valence electrons. The zero-order valence-corrected chi connectivity index (χ0v) is 14.6. The summed E-state index contributed by atoms with van der Waals surface area (Å²) in [6.07, 6.45) is 4.85. The number of carbonyl (C=O) groups is 1. The molecular formula is C18H29ClN2O. The van der Waals surface area contributed by atoms with Gasteiger partial charge in [0.1, 0.15) is 0 Å². The molecule has 1 N–H and O–H groups in total. The van der Waals surface area contributed by atoms with Gasteiger partial charge in [0, 0.05) is 19.5 Å². The number of likely N-dealkylation sites (tertiary alicyclic amines) is 1. The van der Waals surface area contributed by atoms with Gasteiger partial charge in [0.25, 0.3) is 0 Å². The number of amides is 1. The minimum absolute atomic E-state index is 0. The smallest absolute Gasteiger partial charge is 0.222 e. The van der Waals surface area contributed by atoms with Crippen molar-refractivity contribution in [3.63, 3.8) is 0 Å². The lowest BCUT2D eigenvalue weighted by Gasteiger charge is -2.32. The van der Waals surface area contributed by atoms with Crippen LogP contribution >= 0.6 is 12.4 Å². The van der Waals surface area contributed by atoms with Crippen molar-refractivity contribution in [2.75, 3.05) is 26.7 Å². The summed E-state index contributed by atoms with van der Waals surface area (Å²) in [6, 6.07) is 8.66. The highest BCUT2D eigenvalue weighted by Crippen LogP contribution is 2.17. The van der Waals surface area contributed by atoms with Crippen molar-refractivity contribution in [2.45, 2.75) is 39.0 Å². The van der Waals surface area contributed by atoms with Crippen LogP contribution in [0, 0.1) is 5.92 Å². The Morgan fingerprint density at radius 1 is 1.18 bits per heavy atom. The van der Waals surface area contributed by atoms with Gasteiger partial charge in [0.2, 0.25) is 5.91 Å². The number of benzene rings is 1. The normalized spacial score (nSPS) is 15.5.